The number of amides is 1. The zero-order valence-electron chi connectivity index (χ0n) is 17.0. The molecule has 1 aliphatic carbocycles. The summed E-state index contributed by atoms with van der Waals surface area (Å²) in [7, 11) is 0. The number of benzene rings is 1. The predicted octanol–water partition coefficient (Wildman–Crippen LogP) is 4.06. The molecule has 1 unspecified atom stereocenters. The van der Waals surface area contributed by atoms with E-state index in [2.05, 4.69) is 43.0 Å². The number of nitrogens with zero attached hydrogens (tertiary/aromatic N) is 2. The summed E-state index contributed by atoms with van der Waals surface area (Å²) in [6, 6.07) is 8.39. The van der Waals surface area contributed by atoms with Gasteiger partial charge in [-0.1, -0.05) is 18.2 Å². The predicted molar refractivity (Wildman–Crippen MR) is 108 cm³/mol. The summed E-state index contributed by atoms with van der Waals surface area (Å²) in [4.78, 5) is 17.4. The van der Waals surface area contributed by atoms with Crippen LogP contribution in [0.2, 0.25) is 0 Å². The molecule has 1 saturated heterocycles. The van der Waals surface area contributed by atoms with Gasteiger partial charge in [0.15, 0.2) is 0 Å². The van der Waals surface area contributed by atoms with Crippen molar-refractivity contribution in [2.45, 2.75) is 63.9 Å². The van der Waals surface area contributed by atoms with Crippen LogP contribution >= 0.6 is 0 Å². The van der Waals surface area contributed by atoms with E-state index in [9.17, 15) is 4.79 Å². The van der Waals surface area contributed by atoms with Crippen LogP contribution in [0.25, 0.3) is 0 Å². The number of hydrogen-bond donors (Lipinski definition) is 0. The maximum absolute atomic E-state index is 12.8. The lowest BCUT2D eigenvalue weighted by Crippen LogP contribution is -2.51. The number of piperidine rings is 1. The van der Waals surface area contributed by atoms with Crippen LogP contribution in [0.3, 0.4) is 0 Å². The summed E-state index contributed by atoms with van der Waals surface area (Å²) in [5, 5.41) is 0. The van der Waals surface area contributed by atoms with Crippen molar-refractivity contribution >= 4 is 5.91 Å². The van der Waals surface area contributed by atoms with E-state index in [1.54, 1.807) is 0 Å². The molecule has 0 N–H and O–H groups in total. The molecule has 1 aromatic rings. The largest absolute Gasteiger partial charge is 0.487 e. The van der Waals surface area contributed by atoms with Crippen LogP contribution in [0.1, 0.15) is 63.9 Å². The van der Waals surface area contributed by atoms with E-state index in [0.29, 0.717) is 6.42 Å². The van der Waals surface area contributed by atoms with Crippen molar-refractivity contribution in [3.8, 4) is 5.75 Å². The molecule has 0 radical (unpaired) electrons. The minimum absolute atomic E-state index is 0.0807. The van der Waals surface area contributed by atoms with Crippen molar-refractivity contribution in [1.29, 1.82) is 0 Å². The van der Waals surface area contributed by atoms with Gasteiger partial charge in [0.25, 0.3) is 0 Å². The minimum atomic E-state index is -0.0807. The third kappa shape index (κ3) is 4.16. The molecule has 2 aliphatic heterocycles. The van der Waals surface area contributed by atoms with Crippen molar-refractivity contribution in [1.82, 2.24) is 9.80 Å². The first-order valence-corrected chi connectivity index (χ1v) is 10.9. The second kappa shape index (κ2) is 7.83. The molecule has 3 aliphatic rings. The van der Waals surface area contributed by atoms with Gasteiger partial charge >= 0.3 is 0 Å². The Morgan fingerprint density at radius 3 is 2.56 bits per heavy atom. The average Bonchev–Trinajstić information content (AvgIpc) is 3.49. The van der Waals surface area contributed by atoms with Gasteiger partial charge in [-0.25, -0.2) is 0 Å². The smallest absolute Gasteiger partial charge is 0.223 e. The van der Waals surface area contributed by atoms with Crippen LogP contribution in [0.5, 0.6) is 5.75 Å². The van der Waals surface area contributed by atoms with Gasteiger partial charge in [0.2, 0.25) is 5.91 Å². The van der Waals surface area contributed by atoms with E-state index in [0.717, 1.165) is 57.1 Å². The topological polar surface area (TPSA) is 32.8 Å². The van der Waals surface area contributed by atoms with E-state index in [1.807, 2.05) is 4.90 Å². The average molecular weight is 371 g/mol. The molecule has 1 amide bonds. The van der Waals surface area contributed by atoms with E-state index in [4.69, 9.17) is 4.74 Å². The Morgan fingerprint density at radius 2 is 1.89 bits per heavy atom. The highest BCUT2D eigenvalue weighted by molar-refractivity contribution is 5.77. The van der Waals surface area contributed by atoms with Gasteiger partial charge in [-0.05, 0) is 63.5 Å². The maximum Gasteiger partial charge on any atom is 0.223 e. The normalized spacial score (nSPS) is 24.3. The first-order chi connectivity index (χ1) is 13.1. The standard InChI is InChI=1S/C23H34N2O2/c1-3-25(4-2)22(26)15-19-16-23(27-21-8-6-5-7-20(19)21)11-13-24(14-12-23)17-18-9-10-18/h5-8,18-19H,3-4,9-17H2,1-2H3. The van der Waals surface area contributed by atoms with Gasteiger partial charge in [-0.15, -0.1) is 0 Å². The Kier molecular flexibility index (Phi) is 5.45. The number of fused-ring (bicyclic) bond motifs is 1. The Labute approximate surface area is 163 Å². The van der Waals surface area contributed by atoms with Gasteiger partial charge in [0.1, 0.15) is 11.4 Å². The van der Waals surface area contributed by atoms with Crippen molar-refractivity contribution in [3.05, 3.63) is 29.8 Å². The lowest BCUT2D eigenvalue weighted by Gasteiger charge is -2.47. The highest BCUT2D eigenvalue weighted by Crippen LogP contribution is 2.47. The Bertz CT molecular complexity index is 658. The molecule has 1 saturated carbocycles. The zero-order valence-corrected chi connectivity index (χ0v) is 17.0. The summed E-state index contributed by atoms with van der Waals surface area (Å²) in [6.45, 7) is 9.26. The van der Waals surface area contributed by atoms with Crippen LogP contribution in [0.4, 0.5) is 0 Å². The highest BCUT2D eigenvalue weighted by Gasteiger charge is 2.44. The third-order valence-electron chi connectivity index (χ3n) is 6.82. The van der Waals surface area contributed by atoms with Gasteiger partial charge in [0, 0.05) is 45.1 Å². The Hall–Kier alpha value is -1.55. The summed E-state index contributed by atoms with van der Waals surface area (Å²) >= 11 is 0. The molecule has 1 spiro atoms. The summed E-state index contributed by atoms with van der Waals surface area (Å²) < 4.78 is 6.60. The number of rotatable bonds is 6. The van der Waals surface area contributed by atoms with Crippen molar-refractivity contribution in [2.24, 2.45) is 5.92 Å². The first-order valence-electron chi connectivity index (χ1n) is 10.9. The minimum Gasteiger partial charge on any atom is -0.487 e. The maximum atomic E-state index is 12.8. The van der Waals surface area contributed by atoms with E-state index in [1.165, 1.54) is 24.9 Å². The summed E-state index contributed by atoms with van der Waals surface area (Å²) in [6.07, 6.45) is 6.60. The van der Waals surface area contributed by atoms with Crippen LogP contribution in [0.15, 0.2) is 24.3 Å². The molecule has 0 aromatic heterocycles. The van der Waals surface area contributed by atoms with E-state index < -0.39 is 0 Å². The lowest BCUT2D eigenvalue weighted by molar-refractivity contribution is -0.131. The van der Waals surface area contributed by atoms with Crippen LogP contribution in [0, 0.1) is 5.92 Å². The number of ether oxygens (including phenoxy) is 1. The number of hydrogen-bond acceptors (Lipinski definition) is 3. The van der Waals surface area contributed by atoms with E-state index in [-0.39, 0.29) is 17.4 Å². The lowest BCUT2D eigenvalue weighted by atomic mass is 9.76. The molecule has 4 heteroatoms. The second-order valence-corrected chi connectivity index (χ2v) is 8.74. The van der Waals surface area contributed by atoms with Crippen molar-refractivity contribution in [3.63, 3.8) is 0 Å². The number of carbonyl (C=O) groups is 1. The highest BCUT2D eigenvalue weighted by atomic mass is 16.5. The third-order valence-corrected chi connectivity index (χ3v) is 6.82. The zero-order chi connectivity index (χ0) is 18.9. The van der Waals surface area contributed by atoms with E-state index >= 15 is 0 Å². The number of para-hydroxylation sites is 1. The molecule has 148 valence electrons. The Morgan fingerprint density at radius 1 is 1.19 bits per heavy atom. The van der Waals surface area contributed by atoms with Crippen molar-refractivity contribution < 1.29 is 9.53 Å². The quantitative estimate of drug-likeness (QED) is 0.757. The molecule has 1 atom stereocenters. The van der Waals surface area contributed by atoms with Gasteiger partial charge in [-0.3, -0.25) is 4.79 Å². The van der Waals surface area contributed by atoms with Crippen LogP contribution < -0.4 is 4.74 Å². The van der Waals surface area contributed by atoms with Crippen LogP contribution in [-0.4, -0.2) is 54.0 Å². The fourth-order valence-electron chi connectivity index (χ4n) is 4.96. The molecule has 27 heavy (non-hydrogen) atoms. The van der Waals surface area contributed by atoms with Gasteiger partial charge in [0.05, 0.1) is 0 Å². The number of likely N-dealkylation sites (tertiary alicyclic amines) is 1. The fraction of sp³-hybridized carbons (Fsp3) is 0.696. The molecule has 2 fully saturated rings. The first kappa shape index (κ1) is 18.8. The molecule has 0 bridgehead atoms. The van der Waals surface area contributed by atoms with Gasteiger partial charge < -0.3 is 14.5 Å². The molecule has 4 rings (SSSR count). The number of carbonyl (C=O) groups excluding carboxylic acids is 1. The fourth-order valence-corrected chi connectivity index (χ4v) is 4.96. The molecule has 2 heterocycles. The molecular formula is C23H34N2O2. The Balaban J connectivity index is 1.48. The monoisotopic (exact) mass is 370 g/mol. The second-order valence-electron chi connectivity index (χ2n) is 8.74. The molecule has 1 aromatic carbocycles. The molecular weight excluding hydrogens is 336 g/mol. The summed E-state index contributed by atoms with van der Waals surface area (Å²) in [5.74, 6) is 2.52. The molecule has 4 nitrogen and oxygen atoms in total. The van der Waals surface area contributed by atoms with Crippen molar-refractivity contribution in [2.75, 3.05) is 32.7 Å². The summed E-state index contributed by atoms with van der Waals surface area (Å²) in [5.41, 5.74) is 1.15. The van der Waals surface area contributed by atoms with Gasteiger partial charge in [-0.2, -0.15) is 0 Å². The SMILES string of the molecule is CCN(CC)C(=O)CC1CC2(CCN(CC3CC3)CC2)Oc2ccccc21. The van der Waals surface area contributed by atoms with Crippen LogP contribution in [-0.2, 0) is 4.79 Å².